The first-order chi connectivity index (χ1) is 9.29. The Balaban J connectivity index is 2.76. The first-order valence-corrected chi connectivity index (χ1v) is 7.27. The molecule has 0 saturated heterocycles. The van der Waals surface area contributed by atoms with E-state index in [-0.39, 0.29) is 18.1 Å². The molecule has 0 radical (unpaired) electrons. The molecule has 0 aliphatic carbocycles. The molecular weight excluding hydrogens is 322 g/mol. The molecule has 0 aliphatic heterocycles. The summed E-state index contributed by atoms with van der Waals surface area (Å²) in [5, 5.41) is 2.88. The van der Waals surface area contributed by atoms with Gasteiger partial charge in [0.15, 0.2) is 12.9 Å². The number of hydrogen-bond acceptors (Lipinski definition) is 3. The van der Waals surface area contributed by atoms with E-state index in [0.29, 0.717) is 11.3 Å². The van der Waals surface area contributed by atoms with Crippen LogP contribution in [-0.2, 0) is 4.79 Å². The van der Waals surface area contributed by atoms with Crippen molar-refractivity contribution in [2.24, 2.45) is 0 Å². The Morgan fingerprint density at radius 2 is 2.10 bits per heavy atom. The van der Waals surface area contributed by atoms with Gasteiger partial charge in [-0.1, -0.05) is 22.9 Å². The Bertz CT molecular complexity index is 512. The third kappa shape index (κ3) is 4.63. The molecule has 0 unspecified atom stereocenters. The number of aldehydes is 1. The Hall–Kier alpha value is -1.36. The maximum Gasteiger partial charge on any atom is 0.258 e. The molecule has 0 heterocycles. The SMILES string of the molecule is CCC(C)(C)NC(=O)COc1c(C)cc(Br)cc1C=O. The van der Waals surface area contributed by atoms with Crippen molar-refractivity contribution in [2.45, 2.75) is 39.7 Å². The first-order valence-electron chi connectivity index (χ1n) is 6.48. The summed E-state index contributed by atoms with van der Waals surface area (Å²) in [5.74, 6) is 0.253. The van der Waals surface area contributed by atoms with Crippen molar-refractivity contribution in [1.29, 1.82) is 0 Å². The van der Waals surface area contributed by atoms with Crippen LogP contribution in [0.2, 0.25) is 0 Å². The van der Waals surface area contributed by atoms with Crippen molar-refractivity contribution >= 4 is 28.1 Å². The summed E-state index contributed by atoms with van der Waals surface area (Å²) in [6.07, 6.45) is 1.55. The fraction of sp³-hybridized carbons (Fsp3) is 0.467. The molecule has 0 fully saturated rings. The quantitative estimate of drug-likeness (QED) is 0.808. The molecule has 110 valence electrons. The summed E-state index contributed by atoms with van der Waals surface area (Å²) in [6.45, 7) is 7.64. The highest BCUT2D eigenvalue weighted by molar-refractivity contribution is 9.10. The third-order valence-corrected chi connectivity index (χ3v) is 3.56. The molecule has 1 aromatic rings. The van der Waals surface area contributed by atoms with Crippen LogP contribution in [0.3, 0.4) is 0 Å². The zero-order valence-electron chi connectivity index (χ0n) is 12.2. The second kappa shape index (κ2) is 6.88. The van der Waals surface area contributed by atoms with E-state index in [2.05, 4.69) is 21.2 Å². The average Bonchev–Trinajstić information content (AvgIpc) is 2.36. The molecule has 5 heteroatoms. The fourth-order valence-electron chi connectivity index (χ4n) is 1.68. The van der Waals surface area contributed by atoms with Gasteiger partial charge in [0.25, 0.3) is 5.91 Å². The molecule has 4 nitrogen and oxygen atoms in total. The number of carbonyl (C=O) groups is 2. The van der Waals surface area contributed by atoms with Crippen LogP contribution in [0.25, 0.3) is 0 Å². The van der Waals surface area contributed by atoms with E-state index < -0.39 is 0 Å². The van der Waals surface area contributed by atoms with Crippen LogP contribution >= 0.6 is 15.9 Å². The molecule has 0 aliphatic rings. The van der Waals surface area contributed by atoms with Crippen LogP contribution in [0.5, 0.6) is 5.75 Å². The van der Waals surface area contributed by atoms with Crippen LogP contribution in [0.15, 0.2) is 16.6 Å². The standard InChI is InChI=1S/C15H20BrNO3/c1-5-15(3,4)17-13(19)9-20-14-10(2)6-12(16)7-11(14)8-18/h6-8H,5,9H2,1-4H3,(H,17,19). The van der Waals surface area contributed by atoms with Gasteiger partial charge >= 0.3 is 0 Å². The Labute approximate surface area is 128 Å². The van der Waals surface area contributed by atoms with Crippen molar-refractivity contribution in [3.8, 4) is 5.75 Å². The Kier molecular flexibility index (Phi) is 5.74. The maximum atomic E-state index is 11.8. The van der Waals surface area contributed by atoms with E-state index in [1.165, 1.54) is 0 Å². The van der Waals surface area contributed by atoms with Gasteiger partial charge in [-0.3, -0.25) is 9.59 Å². The lowest BCUT2D eigenvalue weighted by molar-refractivity contribution is -0.124. The third-order valence-electron chi connectivity index (χ3n) is 3.10. The van der Waals surface area contributed by atoms with Crippen LogP contribution in [0, 0.1) is 6.92 Å². The highest BCUT2D eigenvalue weighted by Gasteiger charge is 2.18. The fourth-order valence-corrected chi connectivity index (χ4v) is 2.27. The molecule has 0 atom stereocenters. The van der Waals surface area contributed by atoms with Crippen molar-refractivity contribution in [2.75, 3.05) is 6.61 Å². The highest BCUT2D eigenvalue weighted by atomic mass is 79.9. The van der Waals surface area contributed by atoms with E-state index in [4.69, 9.17) is 4.74 Å². The zero-order chi connectivity index (χ0) is 15.3. The number of benzene rings is 1. The number of rotatable bonds is 6. The van der Waals surface area contributed by atoms with E-state index in [9.17, 15) is 9.59 Å². The molecule has 1 aromatic carbocycles. The summed E-state index contributed by atoms with van der Waals surface area (Å²) in [5.41, 5.74) is 0.978. The molecule has 0 spiro atoms. The zero-order valence-corrected chi connectivity index (χ0v) is 13.8. The lowest BCUT2D eigenvalue weighted by Gasteiger charge is -2.24. The number of nitrogens with one attached hydrogen (secondary N) is 1. The molecule has 0 saturated carbocycles. The van der Waals surface area contributed by atoms with Gasteiger partial charge < -0.3 is 10.1 Å². The predicted octanol–water partition coefficient (Wildman–Crippen LogP) is 3.25. The summed E-state index contributed by atoms with van der Waals surface area (Å²) >= 11 is 3.32. The first kappa shape index (κ1) is 16.7. The summed E-state index contributed by atoms with van der Waals surface area (Å²) in [4.78, 5) is 22.9. The molecule has 1 amide bonds. The van der Waals surface area contributed by atoms with E-state index in [0.717, 1.165) is 22.7 Å². The summed E-state index contributed by atoms with van der Waals surface area (Å²) in [6, 6.07) is 3.51. The minimum absolute atomic E-state index is 0.104. The monoisotopic (exact) mass is 341 g/mol. The molecule has 1 rings (SSSR count). The molecule has 0 aromatic heterocycles. The highest BCUT2D eigenvalue weighted by Crippen LogP contribution is 2.26. The van der Waals surface area contributed by atoms with Gasteiger partial charge in [0, 0.05) is 10.0 Å². The lowest BCUT2D eigenvalue weighted by atomic mass is 10.0. The molecule has 0 bridgehead atoms. The normalized spacial score (nSPS) is 11.1. The number of aryl methyl sites for hydroxylation is 1. The van der Waals surface area contributed by atoms with Gasteiger partial charge in [0.1, 0.15) is 5.75 Å². The summed E-state index contributed by atoms with van der Waals surface area (Å²) < 4.78 is 6.31. The average molecular weight is 342 g/mol. The van der Waals surface area contributed by atoms with Crippen molar-refractivity contribution in [1.82, 2.24) is 5.32 Å². The number of carbonyl (C=O) groups excluding carboxylic acids is 2. The van der Waals surface area contributed by atoms with Gasteiger partial charge in [-0.05, 0) is 44.9 Å². The van der Waals surface area contributed by atoms with Crippen LogP contribution in [0.4, 0.5) is 0 Å². The number of amides is 1. The van der Waals surface area contributed by atoms with Crippen molar-refractivity contribution in [3.05, 3.63) is 27.7 Å². The predicted molar refractivity (Wildman–Crippen MR) is 82.3 cm³/mol. The minimum Gasteiger partial charge on any atom is -0.483 e. The van der Waals surface area contributed by atoms with Gasteiger partial charge in [-0.15, -0.1) is 0 Å². The maximum absolute atomic E-state index is 11.8. The number of ether oxygens (including phenoxy) is 1. The molecule has 1 N–H and O–H groups in total. The second-order valence-corrected chi connectivity index (χ2v) is 6.25. The van der Waals surface area contributed by atoms with Crippen LogP contribution in [-0.4, -0.2) is 24.3 Å². The number of halogens is 1. The van der Waals surface area contributed by atoms with Gasteiger partial charge in [-0.2, -0.15) is 0 Å². The van der Waals surface area contributed by atoms with Gasteiger partial charge in [0.2, 0.25) is 0 Å². The number of hydrogen-bond donors (Lipinski definition) is 1. The van der Waals surface area contributed by atoms with Crippen LogP contribution in [0.1, 0.15) is 43.1 Å². The minimum atomic E-state index is -0.261. The molecule has 20 heavy (non-hydrogen) atoms. The Morgan fingerprint density at radius 3 is 2.65 bits per heavy atom. The van der Waals surface area contributed by atoms with E-state index >= 15 is 0 Å². The van der Waals surface area contributed by atoms with Gasteiger partial charge in [0.05, 0.1) is 5.56 Å². The molecular formula is C15H20BrNO3. The lowest BCUT2D eigenvalue weighted by Crippen LogP contribution is -2.45. The van der Waals surface area contributed by atoms with Gasteiger partial charge in [-0.25, -0.2) is 0 Å². The van der Waals surface area contributed by atoms with Crippen LogP contribution < -0.4 is 10.1 Å². The van der Waals surface area contributed by atoms with E-state index in [1.54, 1.807) is 6.07 Å². The topological polar surface area (TPSA) is 55.4 Å². The largest absolute Gasteiger partial charge is 0.483 e. The smallest absolute Gasteiger partial charge is 0.258 e. The van der Waals surface area contributed by atoms with E-state index in [1.807, 2.05) is 33.8 Å². The van der Waals surface area contributed by atoms with Crippen molar-refractivity contribution < 1.29 is 14.3 Å². The summed E-state index contributed by atoms with van der Waals surface area (Å²) in [7, 11) is 0. The Morgan fingerprint density at radius 1 is 1.45 bits per heavy atom. The van der Waals surface area contributed by atoms with Crippen molar-refractivity contribution in [3.63, 3.8) is 0 Å². The second-order valence-electron chi connectivity index (χ2n) is 5.33.